The number of anilines is 1. The van der Waals surface area contributed by atoms with Gasteiger partial charge in [0.05, 0.1) is 19.9 Å². The SMILES string of the molecule is C=C(F)C(=O)NCc1cnn(Cc2cc(OC)c3c(NS(=O)(=O)c4ccccc4F)noc3c2)c1. The zero-order valence-corrected chi connectivity index (χ0v) is 19.1. The van der Waals surface area contributed by atoms with E-state index in [1.165, 1.54) is 25.4 Å². The third-order valence-corrected chi connectivity index (χ3v) is 6.28. The Morgan fingerprint density at radius 1 is 1.26 bits per heavy atom. The summed E-state index contributed by atoms with van der Waals surface area (Å²) in [7, 11) is -2.88. The number of rotatable bonds is 9. The van der Waals surface area contributed by atoms with Crippen LogP contribution in [-0.2, 0) is 27.9 Å². The van der Waals surface area contributed by atoms with E-state index >= 15 is 0 Å². The summed E-state index contributed by atoms with van der Waals surface area (Å²) in [5.74, 6) is -2.78. The van der Waals surface area contributed by atoms with Crippen molar-refractivity contribution in [3.63, 3.8) is 0 Å². The van der Waals surface area contributed by atoms with E-state index in [9.17, 15) is 22.0 Å². The van der Waals surface area contributed by atoms with Gasteiger partial charge in [0.2, 0.25) is 0 Å². The Hall–Kier alpha value is -4.26. The van der Waals surface area contributed by atoms with Crippen molar-refractivity contribution < 1.29 is 31.3 Å². The van der Waals surface area contributed by atoms with E-state index in [1.54, 1.807) is 23.0 Å². The number of halogens is 2. The number of sulfonamides is 1. The highest BCUT2D eigenvalue weighted by atomic mass is 32.2. The highest BCUT2D eigenvalue weighted by Gasteiger charge is 2.24. The van der Waals surface area contributed by atoms with Crippen LogP contribution in [0.3, 0.4) is 0 Å². The molecule has 0 saturated carbocycles. The maximum atomic E-state index is 14.0. The number of nitrogens with zero attached hydrogens (tertiary/aromatic N) is 3. The highest BCUT2D eigenvalue weighted by molar-refractivity contribution is 7.92. The molecule has 2 aromatic heterocycles. The molecule has 0 bridgehead atoms. The average molecular weight is 503 g/mol. The van der Waals surface area contributed by atoms with Crippen LogP contribution in [0.1, 0.15) is 11.1 Å². The standard InChI is InChI=1S/C22H19F2N5O5S/c1-13(23)22(30)25-9-15-10-26-29(12-15)11-14-7-17(33-2)20-18(8-14)34-27-21(20)28-35(31,32)19-6-4-3-5-16(19)24/h3-8,10,12H,1,9,11H2,2H3,(H,25,30)(H,27,28). The normalized spacial score (nSPS) is 11.4. The topological polar surface area (TPSA) is 128 Å². The van der Waals surface area contributed by atoms with Gasteiger partial charge in [0.15, 0.2) is 17.2 Å². The molecule has 2 heterocycles. The zero-order valence-electron chi connectivity index (χ0n) is 18.3. The van der Waals surface area contributed by atoms with Crippen molar-refractivity contribution in [3.8, 4) is 5.75 Å². The summed E-state index contributed by atoms with van der Waals surface area (Å²) in [6.45, 7) is 3.27. The molecule has 4 aromatic rings. The molecular weight excluding hydrogens is 484 g/mol. The van der Waals surface area contributed by atoms with E-state index in [1.807, 2.05) is 0 Å². The summed E-state index contributed by atoms with van der Waals surface area (Å²) in [5.41, 5.74) is 1.55. The molecule has 0 spiro atoms. The maximum absolute atomic E-state index is 14.0. The molecule has 13 heteroatoms. The predicted molar refractivity (Wildman–Crippen MR) is 121 cm³/mol. The lowest BCUT2D eigenvalue weighted by atomic mass is 10.1. The van der Waals surface area contributed by atoms with Gasteiger partial charge in [0, 0.05) is 18.3 Å². The monoisotopic (exact) mass is 503 g/mol. The second-order valence-electron chi connectivity index (χ2n) is 7.37. The number of hydrogen-bond acceptors (Lipinski definition) is 7. The van der Waals surface area contributed by atoms with Crippen molar-refractivity contribution in [2.75, 3.05) is 11.8 Å². The molecule has 0 atom stereocenters. The summed E-state index contributed by atoms with van der Waals surface area (Å²) in [4.78, 5) is 10.8. The number of hydrogen-bond donors (Lipinski definition) is 2. The van der Waals surface area contributed by atoms with Crippen LogP contribution in [0.15, 0.2) is 70.6 Å². The van der Waals surface area contributed by atoms with Gasteiger partial charge in [-0.2, -0.15) is 5.10 Å². The third kappa shape index (κ3) is 5.14. The van der Waals surface area contributed by atoms with E-state index < -0.39 is 32.5 Å². The second-order valence-corrected chi connectivity index (χ2v) is 9.02. The van der Waals surface area contributed by atoms with Gasteiger partial charge in [0.1, 0.15) is 21.8 Å². The number of carbonyl (C=O) groups is 1. The summed E-state index contributed by atoms with van der Waals surface area (Å²) >= 11 is 0. The first-order valence-electron chi connectivity index (χ1n) is 10.1. The summed E-state index contributed by atoms with van der Waals surface area (Å²) in [6, 6.07) is 8.22. The first-order chi connectivity index (χ1) is 16.7. The number of amides is 1. The molecule has 182 valence electrons. The smallest absolute Gasteiger partial charge is 0.279 e. The number of aromatic nitrogens is 3. The highest BCUT2D eigenvalue weighted by Crippen LogP contribution is 2.35. The van der Waals surface area contributed by atoms with Gasteiger partial charge in [-0.25, -0.2) is 17.2 Å². The minimum Gasteiger partial charge on any atom is -0.496 e. The van der Waals surface area contributed by atoms with E-state index in [0.29, 0.717) is 11.1 Å². The maximum Gasteiger partial charge on any atom is 0.279 e. The molecule has 0 unspecified atom stereocenters. The van der Waals surface area contributed by atoms with Gasteiger partial charge in [-0.1, -0.05) is 23.9 Å². The molecule has 0 aliphatic heterocycles. The molecule has 2 aromatic carbocycles. The van der Waals surface area contributed by atoms with Crippen LogP contribution in [0.25, 0.3) is 11.0 Å². The third-order valence-electron chi connectivity index (χ3n) is 4.91. The first kappa shape index (κ1) is 23.9. The molecule has 0 aliphatic carbocycles. The van der Waals surface area contributed by atoms with Crippen molar-refractivity contribution in [2.24, 2.45) is 0 Å². The minimum atomic E-state index is -4.28. The fraction of sp³-hybridized carbons (Fsp3) is 0.136. The minimum absolute atomic E-state index is 0.0672. The second kappa shape index (κ2) is 9.54. The first-order valence-corrected chi connectivity index (χ1v) is 11.5. The van der Waals surface area contributed by atoms with Gasteiger partial charge in [-0.05, 0) is 29.8 Å². The molecule has 0 fully saturated rings. The molecule has 1 amide bonds. The van der Waals surface area contributed by atoms with E-state index in [4.69, 9.17) is 9.26 Å². The largest absolute Gasteiger partial charge is 0.496 e. The lowest BCUT2D eigenvalue weighted by Crippen LogP contribution is -2.22. The number of nitrogens with one attached hydrogen (secondary N) is 2. The van der Waals surface area contributed by atoms with Crippen LogP contribution in [0.5, 0.6) is 5.75 Å². The zero-order chi connectivity index (χ0) is 25.2. The molecule has 0 aliphatic rings. The summed E-state index contributed by atoms with van der Waals surface area (Å²) in [6.07, 6.45) is 3.17. The Morgan fingerprint density at radius 2 is 2.03 bits per heavy atom. The van der Waals surface area contributed by atoms with Gasteiger partial charge >= 0.3 is 0 Å². The number of carbonyl (C=O) groups excluding carboxylic acids is 1. The van der Waals surface area contributed by atoms with E-state index in [0.717, 1.165) is 12.1 Å². The predicted octanol–water partition coefficient (Wildman–Crippen LogP) is 3.12. The van der Waals surface area contributed by atoms with E-state index in [-0.39, 0.29) is 35.6 Å². The molecule has 35 heavy (non-hydrogen) atoms. The average Bonchev–Trinajstić information content (AvgIpc) is 3.43. The number of methoxy groups -OCH3 is 1. The molecule has 2 N–H and O–H groups in total. The fourth-order valence-corrected chi connectivity index (χ4v) is 4.39. The summed E-state index contributed by atoms with van der Waals surface area (Å²) < 4.78 is 66.7. The number of fused-ring (bicyclic) bond motifs is 1. The Kier molecular flexibility index (Phi) is 6.51. The van der Waals surface area contributed by atoms with Crippen molar-refractivity contribution in [2.45, 2.75) is 18.0 Å². The van der Waals surface area contributed by atoms with E-state index in [2.05, 4.69) is 26.9 Å². The summed E-state index contributed by atoms with van der Waals surface area (Å²) in [5, 5.41) is 10.6. The molecule has 4 rings (SSSR count). The van der Waals surface area contributed by atoms with Crippen molar-refractivity contribution in [1.29, 1.82) is 0 Å². The lowest BCUT2D eigenvalue weighted by molar-refractivity contribution is -0.119. The van der Waals surface area contributed by atoms with Crippen LogP contribution >= 0.6 is 0 Å². The quantitative estimate of drug-likeness (QED) is 0.336. The Bertz CT molecular complexity index is 1530. The van der Waals surface area contributed by atoms with Crippen LogP contribution in [0.2, 0.25) is 0 Å². The van der Waals surface area contributed by atoms with Crippen molar-refractivity contribution in [1.82, 2.24) is 20.3 Å². The van der Waals surface area contributed by atoms with Gasteiger partial charge < -0.3 is 14.6 Å². The fourth-order valence-electron chi connectivity index (χ4n) is 3.31. The number of ether oxygens (including phenoxy) is 1. The molecule has 10 nitrogen and oxygen atoms in total. The van der Waals surface area contributed by atoms with Crippen molar-refractivity contribution >= 4 is 32.7 Å². The Balaban J connectivity index is 1.57. The Morgan fingerprint density at radius 3 is 2.74 bits per heavy atom. The van der Waals surface area contributed by atoms with Gasteiger partial charge in [-0.15, -0.1) is 0 Å². The molecule has 0 radical (unpaired) electrons. The van der Waals surface area contributed by atoms with Crippen LogP contribution in [0, 0.1) is 5.82 Å². The van der Waals surface area contributed by atoms with Crippen LogP contribution in [0.4, 0.5) is 14.6 Å². The van der Waals surface area contributed by atoms with Gasteiger partial charge in [0.25, 0.3) is 15.9 Å². The Labute approximate surface area is 198 Å². The van der Waals surface area contributed by atoms with Crippen molar-refractivity contribution in [3.05, 3.63) is 78.1 Å². The van der Waals surface area contributed by atoms with Crippen LogP contribution < -0.4 is 14.8 Å². The lowest BCUT2D eigenvalue weighted by Gasteiger charge is -2.09. The van der Waals surface area contributed by atoms with Gasteiger partial charge in [-0.3, -0.25) is 14.2 Å². The molecule has 0 saturated heterocycles. The molecular formula is C22H19F2N5O5S. The number of benzene rings is 2. The van der Waals surface area contributed by atoms with Crippen LogP contribution in [-0.4, -0.2) is 36.4 Å².